The molecular formula is C15H10F3N3. The molecule has 0 heterocycles. The molecule has 106 valence electrons. The van der Waals surface area contributed by atoms with E-state index >= 15 is 0 Å². The number of benzene rings is 2. The highest BCUT2D eigenvalue weighted by Gasteiger charge is 2.29. The van der Waals surface area contributed by atoms with Gasteiger partial charge in [0.25, 0.3) is 0 Å². The second-order valence-corrected chi connectivity index (χ2v) is 4.20. The summed E-state index contributed by atoms with van der Waals surface area (Å²) in [6, 6.07) is 11.8. The van der Waals surface area contributed by atoms with Gasteiger partial charge in [-0.1, -0.05) is 53.7 Å². The van der Waals surface area contributed by atoms with Crippen molar-refractivity contribution < 1.29 is 13.2 Å². The van der Waals surface area contributed by atoms with Crippen molar-refractivity contribution >= 4 is 17.8 Å². The van der Waals surface area contributed by atoms with Gasteiger partial charge in [-0.3, -0.25) is 0 Å². The standard InChI is InChI=1S/C15H10F3N3/c16-15(17,18)13-9-6-11(7-10-13)5-8-12-3-1-2-4-14(12)20-21-19/h1-10H/b8-5+. The van der Waals surface area contributed by atoms with Crippen molar-refractivity contribution in [3.8, 4) is 0 Å². The monoisotopic (exact) mass is 289 g/mol. The third kappa shape index (κ3) is 3.87. The minimum Gasteiger partial charge on any atom is -0.166 e. The van der Waals surface area contributed by atoms with E-state index in [1.165, 1.54) is 12.1 Å². The summed E-state index contributed by atoms with van der Waals surface area (Å²) in [6.07, 6.45) is -0.991. The molecule has 0 spiro atoms. The van der Waals surface area contributed by atoms with Gasteiger partial charge in [0.2, 0.25) is 0 Å². The molecule has 0 aliphatic rings. The average molecular weight is 289 g/mol. The lowest BCUT2D eigenvalue weighted by Crippen LogP contribution is -2.03. The van der Waals surface area contributed by atoms with Gasteiger partial charge in [-0.2, -0.15) is 13.2 Å². The van der Waals surface area contributed by atoms with Gasteiger partial charge in [0.1, 0.15) is 0 Å². The summed E-state index contributed by atoms with van der Waals surface area (Å²) in [5, 5.41) is 3.55. The van der Waals surface area contributed by atoms with Crippen molar-refractivity contribution in [2.45, 2.75) is 6.18 Å². The van der Waals surface area contributed by atoms with Gasteiger partial charge >= 0.3 is 6.18 Å². The molecule has 0 aliphatic heterocycles. The Labute approximate surface area is 119 Å². The van der Waals surface area contributed by atoms with E-state index in [0.29, 0.717) is 16.8 Å². The molecule has 2 aromatic carbocycles. The molecule has 0 atom stereocenters. The van der Waals surface area contributed by atoms with Gasteiger partial charge in [0.15, 0.2) is 0 Å². The molecule has 0 radical (unpaired) electrons. The molecule has 0 aliphatic carbocycles. The zero-order chi connectivity index (χ0) is 15.3. The Bertz CT molecular complexity index is 697. The molecule has 0 unspecified atom stereocenters. The number of rotatable bonds is 3. The van der Waals surface area contributed by atoms with Crippen molar-refractivity contribution in [2.75, 3.05) is 0 Å². The molecule has 0 fully saturated rings. The molecule has 2 rings (SSSR count). The lowest BCUT2D eigenvalue weighted by atomic mass is 10.1. The van der Waals surface area contributed by atoms with E-state index < -0.39 is 11.7 Å². The van der Waals surface area contributed by atoms with E-state index in [4.69, 9.17) is 5.53 Å². The Hall–Kier alpha value is -2.72. The minimum atomic E-state index is -4.34. The molecule has 0 N–H and O–H groups in total. The molecule has 3 nitrogen and oxygen atoms in total. The smallest absolute Gasteiger partial charge is 0.166 e. The topological polar surface area (TPSA) is 48.8 Å². The molecule has 2 aromatic rings. The summed E-state index contributed by atoms with van der Waals surface area (Å²) >= 11 is 0. The summed E-state index contributed by atoms with van der Waals surface area (Å²) in [5.41, 5.74) is 9.55. The van der Waals surface area contributed by atoms with Crippen molar-refractivity contribution in [1.82, 2.24) is 0 Å². The fourth-order valence-electron chi connectivity index (χ4n) is 1.74. The van der Waals surface area contributed by atoms with E-state index in [1.807, 2.05) is 0 Å². The Morgan fingerprint density at radius 1 is 0.952 bits per heavy atom. The lowest BCUT2D eigenvalue weighted by molar-refractivity contribution is -0.137. The highest BCUT2D eigenvalue weighted by atomic mass is 19.4. The zero-order valence-electron chi connectivity index (χ0n) is 10.7. The van der Waals surface area contributed by atoms with Gasteiger partial charge < -0.3 is 0 Å². The van der Waals surface area contributed by atoms with Crippen LogP contribution in [0.4, 0.5) is 18.9 Å². The number of alkyl halides is 3. The molecule has 0 bridgehead atoms. The molecule has 0 amide bonds. The van der Waals surface area contributed by atoms with Crippen LogP contribution >= 0.6 is 0 Å². The van der Waals surface area contributed by atoms with Crippen molar-refractivity contribution in [3.05, 3.63) is 75.7 Å². The van der Waals surface area contributed by atoms with Crippen LogP contribution in [0.1, 0.15) is 16.7 Å². The van der Waals surface area contributed by atoms with Crippen LogP contribution in [0.25, 0.3) is 22.6 Å². The molecule has 0 aromatic heterocycles. The van der Waals surface area contributed by atoms with Crippen LogP contribution in [0.2, 0.25) is 0 Å². The summed E-state index contributed by atoms with van der Waals surface area (Å²) in [7, 11) is 0. The number of nitrogens with zero attached hydrogens (tertiary/aromatic N) is 3. The highest BCUT2D eigenvalue weighted by molar-refractivity contribution is 5.75. The van der Waals surface area contributed by atoms with Crippen LogP contribution in [-0.4, -0.2) is 0 Å². The summed E-state index contributed by atoms with van der Waals surface area (Å²) < 4.78 is 37.3. The van der Waals surface area contributed by atoms with E-state index in [-0.39, 0.29) is 0 Å². The molecule has 0 saturated carbocycles. The largest absolute Gasteiger partial charge is 0.416 e. The van der Waals surface area contributed by atoms with Gasteiger partial charge in [0, 0.05) is 10.6 Å². The van der Waals surface area contributed by atoms with Crippen LogP contribution < -0.4 is 0 Å². The average Bonchev–Trinajstić information content (AvgIpc) is 2.46. The number of hydrogen-bond acceptors (Lipinski definition) is 1. The third-order valence-corrected chi connectivity index (χ3v) is 2.78. The first-order valence-corrected chi connectivity index (χ1v) is 6.00. The first kappa shape index (κ1) is 14.7. The van der Waals surface area contributed by atoms with Crippen molar-refractivity contribution in [3.63, 3.8) is 0 Å². The molecular weight excluding hydrogens is 279 g/mol. The van der Waals surface area contributed by atoms with Crippen LogP contribution in [0.5, 0.6) is 0 Å². The van der Waals surface area contributed by atoms with Crippen LogP contribution in [-0.2, 0) is 6.18 Å². The SMILES string of the molecule is [N-]=[N+]=Nc1ccccc1/C=C/c1ccc(C(F)(F)F)cc1. The summed E-state index contributed by atoms with van der Waals surface area (Å²) in [5.74, 6) is 0. The lowest BCUT2D eigenvalue weighted by Gasteiger charge is -2.06. The maximum Gasteiger partial charge on any atom is 0.416 e. The summed E-state index contributed by atoms with van der Waals surface area (Å²) in [6.45, 7) is 0. The zero-order valence-corrected chi connectivity index (χ0v) is 10.7. The molecule has 6 heteroatoms. The Morgan fingerprint density at radius 3 is 2.24 bits per heavy atom. The van der Waals surface area contributed by atoms with Gasteiger partial charge in [-0.15, -0.1) is 0 Å². The second-order valence-electron chi connectivity index (χ2n) is 4.20. The fraction of sp³-hybridized carbons (Fsp3) is 0.0667. The first-order valence-electron chi connectivity index (χ1n) is 6.00. The predicted molar refractivity (Wildman–Crippen MR) is 75.6 cm³/mol. The quantitative estimate of drug-likeness (QED) is 0.296. The van der Waals surface area contributed by atoms with Gasteiger partial charge in [-0.05, 0) is 28.8 Å². The van der Waals surface area contributed by atoms with Crippen LogP contribution in [0.15, 0.2) is 53.6 Å². The predicted octanol–water partition coefficient (Wildman–Crippen LogP) is 5.82. The van der Waals surface area contributed by atoms with E-state index in [0.717, 1.165) is 12.1 Å². The Balaban J connectivity index is 2.24. The van der Waals surface area contributed by atoms with E-state index in [1.54, 1.807) is 36.4 Å². The molecule has 21 heavy (non-hydrogen) atoms. The Morgan fingerprint density at radius 2 is 1.62 bits per heavy atom. The third-order valence-electron chi connectivity index (χ3n) is 2.78. The normalized spacial score (nSPS) is 11.4. The number of hydrogen-bond donors (Lipinski definition) is 0. The maximum atomic E-state index is 12.4. The maximum absolute atomic E-state index is 12.4. The number of halogens is 3. The first-order chi connectivity index (χ1) is 10.0. The van der Waals surface area contributed by atoms with Gasteiger partial charge in [-0.25, -0.2) is 0 Å². The molecule has 0 saturated heterocycles. The van der Waals surface area contributed by atoms with Crippen LogP contribution in [0, 0.1) is 0 Å². The minimum absolute atomic E-state index is 0.461. The van der Waals surface area contributed by atoms with Gasteiger partial charge in [0.05, 0.1) is 5.56 Å². The van der Waals surface area contributed by atoms with Crippen LogP contribution in [0.3, 0.4) is 0 Å². The fourth-order valence-corrected chi connectivity index (χ4v) is 1.74. The van der Waals surface area contributed by atoms with E-state index in [9.17, 15) is 13.2 Å². The highest BCUT2D eigenvalue weighted by Crippen LogP contribution is 2.29. The van der Waals surface area contributed by atoms with Crippen molar-refractivity contribution in [1.29, 1.82) is 0 Å². The second kappa shape index (κ2) is 6.15. The van der Waals surface area contributed by atoms with Crippen molar-refractivity contribution in [2.24, 2.45) is 5.11 Å². The summed E-state index contributed by atoms with van der Waals surface area (Å²) in [4.78, 5) is 2.73. The van der Waals surface area contributed by atoms with E-state index in [2.05, 4.69) is 10.0 Å². The Kier molecular flexibility index (Phi) is 4.30. The number of azide groups is 1.